The molecule has 0 spiro atoms. The minimum absolute atomic E-state index is 0.190. The number of carbonyl (C=O) groups excluding carboxylic acids is 2. The van der Waals surface area contributed by atoms with Crippen LogP contribution in [-0.2, 0) is 28.2 Å². The summed E-state index contributed by atoms with van der Waals surface area (Å²) in [7, 11) is -4.76. The maximum Gasteiger partial charge on any atom is 0.469 e. The van der Waals surface area contributed by atoms with E-state index in [4.69, 9.17) is 19.3 Å². The minimum Gasteiger partial charge on any atom is -0.462 e. The highest BCUT2D eigenvalue weighted by molar-refractivity contribution is 7.46. The molecule has 0 aromatic carbocycles. The number of hydrogen-bond acceptors (Lipinski definition) is 6. The molecule has 0 saturated heterocycles. The van der Waals surface area contributed by atoms with Crippen LogP contribution in [0.5, 0.6) is 0 Å². The molecule has 8 nitrogen and oxygen atoms in total. The predicted octanol–water partition coefficient (Wildman–Crippen LogP) is 11.2. The molecule has 0 aliphatic rings. The molecular weight excluding hydrogens is 627 g/mol. The zero-order valence-electron chi connectivity index (χ0n) is 30.4. The van der Waals surface area contributed by atoms with E-state index in [0.29, 0.717) is 12.8 Å². The van der Waals surface area contributed by atoms with Crippen LogP contribution in [-0.4, -0.2) is 41.0 Å². The number of allylic oxidation sites excluding steroid dienone is 8. The van der Waals surface area contributed by atoms with Crippen LogP contribution in [0.1, 0.15) is 168 Å². The van der Waals surface area contributed by atoms with Gasteiger partial charge in [-0.15, -0.1) is 0 Å². The van der Waals surface area contributed by atoms with E-state index in [1.807, 2.05) is 6.08 Å². The molecule has 0 heterocycles. The molecule has 0 bridgehead atoms. The van der Waals surface area contributed by atoms with Crippen LogP contribution in [0.2, 0.25) is 0 Å². The Labute approximate surface area is 293 Å². The Bertz CT molecular complexity index is 921. The zero-order chi connectivity index (χ0) is 35.4. The van der Waals surface area contributed by atoms with Gasteiger partial charge in [-0.05, 0) is 70.6 Å². The van der Waals surface area contributed by atoms with Crippen molar-refractivity contribution < 1.29 is 37.9 Å². The topological polar surface area (TPSA) is 119 Å². The van der Waals surface area contributed by atoms with Crippen molar-refractivity contribution in [3.8, 4) is 0 Å². The average Bonchev–Trinajstić information content (AvgIpc) is 3.05. The SMILES string of the molecule is CCCCCC/C=C/CCCCCCCC(=O)O[C@H](COC(=O)CCC/C=C/C/C=C/C/C=C/CCCCCCCC)COP(=O)(O)O. The fourth-order valence-electron chi connectivity index (χ4n) is 4.97. The molecule has 9 heteroatoms. The predicted molar refractivity (Wildman–Crippen MR) is 198 cm³/mol. The van der Waals surface area contributed by atoms with Crippen LogP contribution in [0.15, 0.2) is 48.6 Å². The molecule has 0 aromatic rings. The minimum atomic E-state index is -4.76. The fraction of sp³-hybridized carbons (Fsp3) is 0.744. The van der Waals surface area contributed by atoms with Crippen LogP contribution in [0.4, 0.5) is 0 Å². The molecule has 0 aliphatic carbocycles. The molecule has 0 amide bonds. The van der Waals surface area contributed by atoms with Gasteiger partial charge in [-0.3, -0.25) is 14.1 Å². The molecule has 278 valence electrons. The first-order valence-electron chi connectivity index (χ1n) is 18.9. The normalized spacial score (nSPS) is 13.0. The Morgan fingerprint density at radius 3 is 1.50 bits per heavy atom. The number of hydrogen-bond donors (Lipinski definition) is 2. The summed E-state index contributed by atoms with van der Waals surface area (Å²) in [5, 5.41) is 0. The van der Waals surface area contributed by atoms with Crippen molar-refractivity contribution in [3.05, 3.63) is 48.6 Å². The second-order valence-corrected chi connectivity index (χ2v) is 13.8. The molecule has 0 aromatic heterocycles. The lowest BCUT2D eigenvalue weighted by atomic mass is 10.1. The highest BCUT2D eigenvalue weighted by Gasteiger charge is 2.22. The van der Waals surface area contributed by atoms with Crippen molar-refractivity contribution in [1.29, 1.82) is 0 Å². The number of carbonyl (C=O) groups is 2. The van der Waals surface area contributed by atoms with Crippen LogP contribution in [0.25, 0.3) is 0 Å². The molecule has 0 aliphatic heterocycles. The summed E-state index contributed by atoms with van der Waals surface area (Å²) in [4.78, 5) is 42.6. The van der Waals surface area contributed by atoms with Gasteiger partial charge in [0.15, 0.2) is 6.10 Å². The van der Waals surface area contributed by atoms with Crippen molar-refractivity contribution >= 4 is 19.8 Å². The van der Waals surface area contributed by atoms with Gasteiger partial charge in [-0.1, -0.05) is 133 Å². The maximum absolute atomic E-state index is 12.3. The summed E-state index contributed by atoms with van der Waals surface area (Å²) in [5.41, 5.74) is 0. The van der Waals surface area contributed by atoms with E-state index in [1.165, 1.54) is 64.2 Å². The summed E-state index contributed by atoms with van der Waals surface area (Å²) in [6.07, 6.45) is 41.2. The van der Waals surface area contributed by atoms with Gasteiger partial charge in [0.05, 0.1) is 6.61 Å². The number of esters is 2. The Balaban J connectivity index is 4.07. The van der Waals surface area contributed by atoms with E-state index in [9.17, 15) is 14.2 Å². The molecular formula is C39H69O8P. The Morgan fingerprint density at radius 2 is 0.958 bits per heavy atom. The van der Waals surface area contributed by atoms with E-state index in [0.717, 1.165) is 64.2 Å². The van der Waals surface area contributed by atoms with Crippen molar-refractivity contribution in [3.63, 3.8) is 0 Å². The number of phosphoric acid groups is 1. The molecule has 48 heavy (non-hydrogen) atoms. The summed E-state index contributed by atoms with van der Waals surface area (Å²) in [6.45, 7) is 3.59. The van der Waals surface area contributed by atoms with E-state index < -0.39 is 32.5 Å². The Hall–Kier alpha value is -1.99. The van der Waals surface area contributed by atoms with Gasteiger partial charge in [0.2, 0.25) is 0 Å². The maximum atomic E-state index is 12.3. The third kappa shape index (κ3) is 36.8. The third-order valence-electron chi connectivity index (χ3n) is 7.82. The van der Waals surface area contributed by atoms with Gasteiger partial charge in [-0.25, -0.2) is 4.57 Å². The highest BCUT2D eigenvalue weighted by Crippen LogP contribution is 2.36. The van der Waals surface area contributed by atoms with Gasteiger partial charge in [-0.2, -0.15) is 0 Å². The lowest BCUT2D eigenvalue weighted by Gasteiger charge is -2.18. The van der Waals surface area contributed by atoms with Gasteiger partial charge >= 0.3 is 19.8 Å². The largest absolute Gasteiger partial charge is 0.469 e. The van der Waals surface area contributed by atoms with Gasteiger partial charge in [0.25, 0.3) is 0 Å². The summed E-state index contributed by atoms with van der Waals surface area (Å²) < 4.78 is 26.2. The molecule has 0 saturated carbocycles. The smallest absolute Gasteiger partial charge is 0.462 e. The van der Waals surface area contributed by atoms with E-state index in [-0.39, 0.29) is 19.4 Å². The van der Waals surface area contributed by atoms with Crippen LogP contribution in [0.3, 0.4) is 0 Å². The van der Waals surface area contributed by atoms with Crippen molar-refractivity contribution in [2.24, 2.45) is 0 Å². The van der Waals surface area contributed by atoms with Gasteiger partial charge in [0.1, 0.15) is 6.61 Å². The van der Waals surface area contributed by atoms with Gasteiger partial charge in [0, 0.05) is 12.8 Å². The molecule has 0 radical (unpaired) electrons. The molecule has 2 N–H and O–H groups in total. The lowest BCUT2D eigenvalue weighted by molar-refractivity contribution is -0.161. The second-order valence-electron chi connectivity index (χ2n) is 12.5. The summed E-state index contributed by atoms with van der Waals surface area (Å²) in [5.74, 6) is -0.959. The van der Waals surface area contributed by atoms with E-state index in [1.54, 1.807) is 0 Å². The molecule has 0 fully saturated rings. The van der Waals surface area contributed by atoms with Crippen LogP contribution in [0, 0.1) is 0 Å². The monoisotopic (exact) mass is 696 g/mol. The first-order valence-corrected chi connectivity index (χ1v) is 20.5. The Kier molecular flexibility index (Phi) is 33.4. The second kappa shape index (κ2) is 34.9. The Morgan fingerprint density at radius 1 is 0.542 bits per heavy atom. The van der Waals surface area contributed by atoms with Crippen molar-refractivity contribution in [2.75, 3.05) is 13.2 Å². The quantitative estimate of drug-likeness (QED) is 0.0295. The van der Waals surface area contributed by atoms with E-state index in [2.05, 4.69) is 60.9 Å². The first-order chi connectivity index (χ1) is 23.3. The zero-order valence-corrected chi connectivity index (χ0v) is 31.3. The molecule has 1 atom stereocenters. The van der Waals surface area contributed by atoms with Crippen LogP contribution < -0.4 is 0 Å². The fourth-order valence-corrected chi connectivity index (χ4v) is 5.33. The van der Waals surface area contributed by atoms with E-state index >= 15 is 0 Å². The van der Waals surface area contributed by atoms with Gasteiger partial charge < -0.3 is 19.3 Å². The summed E-state index contributed by atoms with van der Waals surface area (Å²) >= 11 is 0. The third-order valence-corrected chi connectivity index (χ3v) is 8.31. The number of rotatable bonds is 34. The van der Waals surface area contributed by atoms with Crippen molar-refractivity contribution in [2.45, 2.75) is 174 Å². The molecule has 0 unspecified atom stereocenters. The number of ether oxygens (including phenoxy) is 2. The van der Waals surface area contributed by atoms with Crippen molar-refractivity contribution in [1.82, 2.24) is 0 Å². The lowest BCUT2D eigenvalue weighted by Crippen LogP contribution is -2.29. The standard InChI is InChI=1S/C39H69O8P/c1-3-5-7-9-11-13-15-17-18-19-20-22-23-25-27-29-31-33-38(40)45-35-37(36-46-48(42,43)44)47-39(41)34-32-30-28-26-24-21-16-14-12-10-8-6-4-2/h14,16-18,20,22,25,27,37H,3-13,15,19,21,23-24,26,28-36H2,1-2H3,(H2,42,43,44)/b16-14+,18-17+,22-20+,27-25+/t37-/m1/s1. The first kappa shape index (κ1) is 46.0. The highest BCUT2D eigenvalue weighted by atomic mass is 31.2. The average molecular weight is 697 g/mol. The number of phosphoric ester groups is 1. The van der Waals surface area contributed by atoms with Crippen LogP contribution >= 0.6 is 7.82 Å². The molecule has 0 rings (SSSR count). The summed E-state index contributed by atoms with van der Waals surface area (Å²) in [6, 6.07) is 0. The number of unbranched alkanes of at least 4 members (excludes halogenated alkanes) is 16.